The molecule has 3 N–H and O–H groups in total. The molecule has 0 spiro atoms. The van der Waals surface area contributed by atoms with Crippen LogP contribution in [0.25, 0.3) is 0 Å². The number of aryl methyl sites for hydroxylation is 5. The summed E-state index contributed by atoms with van der Waals surface area (Å²) in [4.78, 5) is 36.7. The summed E-state index contributed by atoms with van der Waals surface area (Å²) in [5, 5.41) is 9.29. The van der Waals surface area contributed by atoms with Gasteiger partial charge in [-0.1, -0.05) is 35.9 Å². The number of ether oxygens (including phenoxy) is 1. The Hall–Kier alpha value is -4.46. The highest BCUT2D eigenvalue weighted by Crippen LogP contribution is 2.22. The summed E-state index contributed by atoms with van der Waals surface area (Å²) in [6, 6.07) is 16.3. The highest BCUT2D eigenvalue weighted by molar-refractivity contribution is 6.39. The van der Waals surface area contributed by atoms with E-state index in [4.69, 9.17) is 4.74 Å². The maximum atomic E-state index is 12.5. The Kier molecular flexibility index (Phi) is 8.57. The third-order valence-corrected chi connectivity index (χ3v) is 5.56. The van der Waals surface area contributed by atoms with Gasteiger partial charge in [-0.15, -0.1) is 0 Å². The van der Waals surface area contributed by atoms with Gasteiger partial charge in [0.2, 0.25) is 0 Å². The molecule has 0 radical (unpaired) electrons. The SMILES string of the molecule is Cc1cc(C)c(NC(=O)COc2ccccc2C=NNC(=O)C(=O)Nc2ccc(C)c(C)c2)c(C)c1. The topological polar surface area (TPSA) is 109 Å². The molecule has 0 saturated heterocycles. The van der Waals surface area contributed by atoms with Gasteiger partial charge >= 0.3 is 11.8 Å². The van der Waals surface area contributed by atoms with Gasteiger partial charge in [0.1, 0.15) is 5.75 Å². The molecule has 8 heteroatoms. The lowest BCUT2D eigenvalue weighted by Gasteiger charge is -2.14. The fourth-order valence-corrected chi connectivity index (χ4v) is 3.63. The van der Waals surface area contributed by atoms with Crippen molar-refractivity contribution in [3.8, 4) is 5.75 Å². The van der Waals surface area contributed by atoms with Gasteiger partial charge in [0, 0.05) is 16.9 Å². The summed E-state index contributed by atoms with van der Waals surface area (Å²) < 4.78 is 5.68. The van der Waals surface area contributed by atoms with Crippen molar-refractivity contribution in [2.75, 3.05) is 17.2 Å². The molecule has 3 aromatic carbocycles. The average Bonchev–Trinajstić information content (AvgIpc) is 2.83. The third kappa shape index (κ3) is 7.02. The van der Waals surface area contributed by atoms with Crippen LogP contribution in [0.5, 0.6) is 5.75 Å². The molecule has 8 nitrogen and oxygen atoms in total. The number of hydrogen-bond donors (Lipinski definition) is 3. The first-order valence-corrected chi connectivity index (χ1v) is 11.4. The molecule has 0 bridgehead atoms. The van der Waals surface area contributed by atoms with E-state index >= 15 is 0 Å². The van der Waals surface area contributed by atoms with E-state index in [0.717, 1.165) is 33.5 Å². The largest absolute Gasteiger partial charge is 0.483 e. The lowest BCUT2D eigenvalue weighted by molar-refractivity contribution is -0.136. The summed E-state index contributed by atoms with van der Waals surface area (Å²) in [6.07, 6.45) is 1.35. The van der Waals surface area contributed by atoms with Crippen molar-refractivity contribution < 1.29 is 19.1 Å². The van der Waals surface area contributed by atoms with Crippen LogP contribution in [0.3, 0.4) is 0 Å². The van der Waals surface area contributed by atoms with Gasteiger partial charge in [-0.2, -0.15) is 5.10 Å². The van der Waals surface area contributed by atoms with E-state index < -0.39 is 11.8 Å². The second-order valence-corrected chi connectivity index (χ2v) is 8.60. The van der Waals surface area contributed by atoms with Crippen LogP contribution in [0.15, 0.2) is 59.7 Å². The van der Waals surface area contributed by atoms with Gasteiger partial charge in [-0.25, -0.2) is 5.43 Å². The minimum Gasteiger partial charge on any atom is -0.483 e. The number of benzene rings is 3. The maximum absolute atomic E-state index is 12.5. The van der Waals surface area contributed by atoms with E-state index in [1.807, 2.05) is 52.8 Å². The molecule has 0 fully saturated rings. The van der Waals surface area contributed by atoms with Crippen molar-refractivity contribution in [2.45, 2.75) is 34.6 Å². The summed E-state index contributed by atoms with van der Waals surface area (Å²) >= 11 is 0. The maximum Gasteiger partial charge on any atom is 0.329 e. The minimum absolute atomic E-state index is 0.206. The van der Waals surface area contributed by atoms with Crippen LogP contribution >= 0.6 is 0 Å². The molecule has 0 heterocycles. The van der Waals surface area contributed by atoms with E-state index in [0.29, 0.717) is 17.0 Å². The van der Waals surface area contributed by atoms with E-state index in [-0.39, 0.29) is 12.5 Å². The second kappa shape index (κ2) is 11.8. The Morgan fingerprint density at radius 3 is 2.19 bits per heavy atom. The van der Waals surface area contributed by atoms with Crippen molar-refractivity contribution in [3.05, 3.63) is 88.0 Å². The molecule has 0 aliphatic carbocycles. The molecule has 3 aromatic rings. The molecular formula is C28H30N4O4. The van der Waals surface area contributed by atoms with Crippen molar-refractivity contribution in [1.29, 1.82) is 0 Å². The number of nitrogens with zero attached hydrogens (tertiary/aromatic N) is 1. The molecule has 0 unspecified atom stereocenters. The van der Waals surface area contributed by atoms with Gasteiger partial charge in [-0.3, -0.25) is 14.4 Å². The second-order valence-electron chi connectivity index (χ2n) is 8.60. The molecule has 0 atom stereocenters. The van der Waals surface area contributed by atoms with E-state index in [9.17, 15) is 14.4 Å². The number of amides is 3. The quantitative estimate of drug-likeness (QED) is 0.262. The smallest absolute Gasteiger partial charge is 0.329 e. The van der Waals surface area contributed by atoms with Gasteiger partial charge < -0.3 is 15.4 Å². The number of hydrazone groups is 1. The average molecular weight is 487 g/mol. The Morgan fingerprint density at radius 2 is 1.50 bits per heavy atom. The highest BCUT2D eigenvalue weighted by atomic mass is 16.5. The standard InChI is InChI=1S/C28H30N4O4/c1-17-12-20(4)26(21(5)13-17)31-25(33)16-36-24-9-7-6-8-22(24)15-29-32-28(35)27(34)30-23-11-10-18(2)19(3)14-23/h6-15H,16H2,1-5H3,(H,30,34)(H,31,33)(H,32,35). The van der Waals surface area contributed by atoms with Crippen LogP contribution in [-0.2, 0) is 14.4 Å². The van der Waals surface area contributed by atoms with Crippen LogP contribution in [0, 0.1) is 34.6 Å². The predicted molar refractivity (Wildman–Crippen MR) is 142 cm³/mol. The fourth-order valence-electron chi connectivity index (χ4n) is 3.63. The Labute approximate surface area is 210 Å². The van der Waals surface area contributed by atoms with E-state index in [1.54, 1.807) is 36.4 Å². The van der Waals surface area contributed by atoms with Crippen LogP contribution in [-0.4, -0.2) is 30.5 Å². The number of carbonyl (C=O) groups excluding carboxylic acids is 3. The summed E-state index contributed by atoms with van der Waals surface area (Å²) in [7, 11) is 0. The fraction of sp³-hybridized carbons (Fsp3) is 0.214. The molecule has 0 aliphatic rings. The Balaban J connectivity index is 1.56. The molecule has 0 aliphatic heterocycles. The molecule has 36 heavy (non-hydrogen) atoms. The van der Waals surface area contributed by atoms with Crippen molar-refractivity contribution >= 4 is 35.3 Å². The van der Waals surface area contributed by atoms with Gasteiger partial charge in [0.15, 0.2) is 6.61 Å². The zero-order chi connectivity index (χ0) is 26.2. The summed E-state index contributed by atoms with van der Waals surface area (Å²) in [6.45, 7) is 9.57. The molecule has 0 aromatic heterocycles. The number of rotatable bonds is 7. The van der Waals surface area contributed by atoms with Crippen LogP contribution in [0.2, 0.25) is 0 Å². The zero-order valence-electron chi connectivity index (χ0n) is 21.1. The zero-order valence-corrected chi connectivity index (χ0v) is 21.1. The van der Waals surface area contributed by atoms with Crippen molar-refractivity contribution in [2.24, 2.45) is 5.10 Å². The molecule has 3 rings (SSSR count). The van der Waals surface area contributed by atoms with E-state index in [1.165, 1.54) is 6.21 Å². The van der Waals surface area contributed by atoms with Gasteiger partial charge in [-0.05, 0) is 81.1 Å². The number of para-hydroxylation sites is 1. The third-order valence-electron chi connectivity index (χ3n) is 5.56. The Bertz CT molecular complexity index is 1310. The first-order chi connectivity index (χ1) is 17.1. The molecular weight excluding hydrogens is 456 g/mol. The first kappa shape index (κ1) is 26.2. The van der Waals surface area contributed by atoms with Crippen LogP contribution in [0.4, 0.5) is 11.4 Å². The molecule has 0 saturated carbocycles. The lowest BCUT2D eigenvalue weighted by atomic mass is 10.1. The lowest BCUT2D eigenvalue weighted by Crippen LogP contribution is -2.32. The number of hydrogen-bond acceptors (Lipinski definition) is 5. The molecule has 186 valence electrons. The summed E-state index contributed by atoms with van der Waals surface area (Å²) in [5.41, 5.74) is 9.19. The van der Waals surface area contributed by atoms with Crippen molar-refractivity contribution in [1.82, 2.24) is 5.43 Å². The van der Waals surface area contributed by atoms with Crippen molar-refractivity contribution in [3.63, 3.8) is 0 Å². The first-order valence-electron chi connectivity index (χ1n) is 11.4. The van der Waals surface area contributed by atoms with Gasteiger partial charge in [0.25, 0.3) is 5.91 Å². The normalized spacial score (nSPS) is 10.7. The molecule has 3 amide bonds. The van der Waals surface area contributed by atoms with Gasteiger partial charge in [0.05, 0.1) is 6.21 Å². The summed E-state index contributed by atoms with van der Waals surface area (Å²) in [5.74, 6) is -1.64. The van der Waals surface area contributed by atoms with E-state index in [2.05, 4.69) is 21.2 Å². The number of anilines is 2. The van der Waals surface area contributed by atoms with Crippen LogP contribution in [0.1, 0.15) is 33.4 Å². The highest BCUT2D eigenvalue weighted by Gasteiger charge is 2.14. The minimum atomic E-state index is -0.911. The van der Waals surface area contributed by atoms with Crippen LogP contribution < -0.4 is 20.8 Å². The predicted octanol–water partition coefficient (Wildman–Crippen LogP) is 4.34. The monoisotopic (exact) mass is 486 g/mol. The number of carbonyl (C=O) groups is 3. The Morgan fingerprint density at radius 1 is 0.806 bits per heavy atom. The number of nitrogens with one attached hydrogen (secondary N) is 3.